The van der Waals surface area contributed by atoms with Crippen LogP contribution in [0.1, 0.15) is 27.2 Å². The number of amides is 2. The molecule has 2 N–H and O–H groups in total. The third-order valence-electron chi connectivity index (χ3n) is 2.79. The highest BCUT2D eigenvalue weighted by atomic mass is 16.4. The zero-order chi connectivity index (χ0) is 16.0. The number of carbonyl (C=O) groups is 3. The summed E-state index contributed by atoms with van der Waals surface area (Å²) in [6.45, 7) is 5.01. The molecule has 0 bridgehead atoms. The Morgan fingerprint density at radius 1 is 1.29 bits per heavy atom. The summed E-state index contributed by atoms with van der Waals surface area (Å²) in [5.41, 5.74) is 1.14. The second-order valence-corrected chi connectivity index (χ2v) is 5.02. The van der Waals surface area contributed by atoms with Gasteiger partial charge in [-0.05, 0) is 18.2 Å². The minimum atomic E-state index is -0.963. The summed E-state index contributed by atoms with van der Waals surface area (Å²) >= 11 is 0. The molecule has 6 heteroatoms. The summed E-state index contributed by atoms with van der Waals surface area (Å²) in [5, 5.41) is 11.4. The van der Waals surface area contributed by atoms with Crippen LogP contribution in [0, 0.1) is 5.92 Å². The molecular formula is C15H20N2O4. The van der Waals surface area contributed by atoms with Gasteiger partial charge in [-0.2, -0.15) is 0 Å². The van der Waals surface area contributed by atoms with Crippen molar-refractivity contribution in [1.82, 2.24) is 0 Å². The van der Waals surface area contributed by atoms with Crippen LogP contribution < -0.4 is 10.2 Å². The van der Waals surface area contributed by atoms with Gasteiger partial charge in [-0.25, -0.2) is 0 Å². The van der Waals surface area contributed by atoms with Crippen LogP contribution in [0.25, 0.3) is 0 Å². The first kappa shape index (κ1) is 16.7. The molecule has 0 saturated carbocycles. The number of nitrogens with one attached hydrogen (secondary N) is 1. The number of rotatable bonds is 6. The van der Waals surface area contributed by atoms with Crippen LogP contribution in [-0.2, 0) is 14.4 Å². The zero-order valence-corrected chi connectivity index (χ0v) is 12.4. The van der Waals surface area contributed by atoms with Crippen molar-refractivity contribution in [2.24, 2.45) is 5.92 Å². The van der Waals surface area contributed by atoms with E-state index in [1.165, 1.54) is 11.8 Å². The van der Waals surface area contributed by atoms with E-state index in [-0.39, 0.29) is 30.7 Å². The first-order chi connectivity index (χ1) is 9.81. The molecule has 0 aliphatic carbocycles. The average molecular weight is 292 g/mol. The van der Waals surface area contributed by atoms with Gasteiger partial charge in [0.25, 0.3) is 0 Å². The van der Waals surface area contributed by atoms with Crippen LogP contribution in [0.4, 0.5) is 11.4 Å². The van der Waals surface area contributed by atoms with Gasteiger partial charge in [-0.15, -0.1) is 0 Å². The molecule has 1 rings (SSSR count). The molecule has 0 radical (unpaired) electrons. The van der Waals surface area contributed by atoms with Crippen LogP contribution in [0.2, 0.25) is 0 Å². The third kappa shape index (κ3) is 5.25. The third-order valence-corrected chi connectivity index (χ3v) is 2.79. The number of aliphatic carboxylic acids is 1. The fourth-order valence-corrected chi connectivity index (χ4v) is 1.84. The van der Waals surface area contributed by atoms with Crippen molar-refractivity contribution in [2.45, 2.75) is 27.2 Å². The molecule has 1 aromatic carbocycles. The molecular weight excluding hydrogens is 272 g/mol. The lowest BCUT2D eigenvalue weighted by Crippen LogP contribution is -2.36. The van der Waals surface area contributed by atoms with Gasteiger partial charge in [0, 0.05) is 30.8 Å². The fraction of sp³-hybridized carbons (Fsp3) is 0.400. The van der Waals surface area contributed by atoms with E-state index in [0.717, 1.165) is 0 Å². The van der Waals surface area contributed by atoms with Crippen LogP contribution in [0.15, 0.2) is 24.3 Å². The quantitative estimate of drug-likeness (QED) is 0.840. The fourth-order valence-electron chi connectivity index (χ4n) is 1.84. The van der Waals surface area contributed by atoms with Gasteiger partial charge in [0.2, 0.25) is 11.8 Å². The van der Waals surface area contributed by atoms with Gasteiger partial charge in [0.15, 0.2) is 0 Å². The summed E-state index contributed by atoms with van der Waals surface area (Å²) in [6.07, 6.45) is -0.136. The van der Waals surface area contributed by atoms with Crippen molar-refractivity contribution in [3.8, 4) is 0 Å². The summed E-state index contributed by atoms with van der Waals surface area (Å²) in [6, 6.07) is 6.79. The largest absolute Gasteiger partial charge is 0.481 e. The van der Waals surface area contributed by atoms with E-state index in [1.54, 1.807) is 38.1 Å². The number of anilines is 2. The van der Waals surface area contributed by atoms with Crippen LogP contribution in [-0.4, -0.2) is 29.4 Å². The zero-order valence-electron chi connectivity index (χ0n) is 12.4. The molecule has 0 atom stereocenters. The van der Waals surface area contributed by atoms with E-state index >= 15 is 0 Å². The lowest BCUT2D eigenvalue weighted by Gasteiger charge is -2.24. The monoisotopic (exact) mass is 292 g/mol. The minimum Gasteiger partial charge on any atom is -0.481 e. The number of hydrogen-bond donors (Lipinski definition) is 2. The number of benzene rings is 1. The molecule has 6 nitrogen and oxygen atoms in total. The Morgan fingerprint density at radius 2 is 1.95 bits per heavy atom. The van der Waals surface area contributed by atoms with E-state index in [0.29, 0.717) is 11.4 Å². The van der Waals surface area contributed by atoms with E-state index in [1.807, 2.05) is 0 Å². The molecule has 114 valence electrons. The maximum absolute atomic E-state index is 12.2. The highest BCUT2D eigenvalue weighted by molar-refractivity contribution is 5.96. The molecule has 0 fully saturated rings. The van der Waals surface area contributed by atoms with Crippen LogP contribution in [0.3, 0.4) is 0 Å². The Morgan fingerprint density at radius 3 is 2.48 bits per heavy atom. The number of carboxylic acids is 1. The van der Waals surface area contributed by atoms with Crippen molar-refractivity contribution < 1.29 is 19.5 Å². The van der Waals surface area contributed by atoms with E-state index in [2.05, 4.69) is 5.32 Å². The van der Waals surface area contributed by atoms with Crippen LogP contribution >= 0.6 is 0 Å². The molecule has 0 saturated heterocycles. The topological polar surface area (TPSA) is 86.7 Å². The normalized spacial score (nSPS) is 10.3. The maximum atomic E-state index is 12.2. The molecule has 0 unspecified atom stereocenters. The predicted molar refractivity (Wildman–Crippen MR) is 80.2 cm³/mol. The number of carboxylic acid groups (broad SMARTS) is 1. The predicted octanol–water partition coefficient (Wildman–Crippen LogP) is 2.11. The van der Waals surface area contributed by atoms with Crippen molar-refractivity contribution in [3.63, 3.8) is 0 Å². The Labute approximate surface area is 123 Å². The SMILES string of the molecule is CC(=O)Nc1cccc(N(CCC(=O)O)C(=O)C(C)C)c1. The van der Waals surface area contributed by atoms with Crippen molar-refractivity contribution in [3.05, 3.63) is 24.3 Å². The number of nitrogens with zero attached hydrogens (tertiary/aromatic N) is 1. The highest BCUT2D eigenvalue weighted by Crippen LogP contribution is 2.21. The second kappa shape index (κ2) is 7.42. The molecule has 0 aliphatic rings. The van der Waals surface area contributed by atoms with Crippen LogP contribution in [0.5, 0.6) is 0 Å². The lowest BCUT2D eigenvalue weighted by molar-refractivity contribution is -0.136. The summed E-state index contributed by atoms with van der Waals surface area (Å²) in [7, 11) is 0. The van der Waals surface area contributed by atoms with Crippen molar-refractivity contribution in [1.29, 1.82) is 0 Å². The first-order valence-corrected chi connectivity index (χ1v) is 6.72. The molecule has 0 heterocycles. The van der Waals surface area contributed by atoms with Gasteiger partial charge < -0.3 is 15.3 Å². The van der Waals surface area contributed by atoms with E-state index in [4.69, 9.17) is 5.11 Å². The van der Waals surface area contributed by atoms with E-state index in [9.17, 15) is 14.4 Å². The summed E-state index contributed by atoms with van der Waals surface area (Å²) in [4.78, 5) is 35.5. The van der Waals surface area contributed by atoms with Gasteiger partial charge >= 0.3 is 5.97 Å². The smallest absolute Gasteiger partial charge is 0.305 e. The van der Waals surface area contributed by atoms with Crippen molar-refractivity contribution >= 4 is 29.2 Å². The molecule has 0 aliphatic heterocycles. The Bertz CT molecular complexity index is 540. The Balaban J connectivity index is 3.04. The standard InChI is InChI=1S/C15H20N2O4/c1-10(2)15(21)17(8-7-14(19)20)13-6-4-5-12(9-13)16-11(3)18/h4-6,9-10H,7-8H2,1-3H3,(H,16,18)(H,19,20). The van der Waals surface area contributed by atoms with Gasteiger partial charge in [0.1, 0.15) is 0 Å². The molecule has 1 aromatic rings. The molecule has 2 amide bonds. The maximum Gasteiger partial charge on any atom is 0.305 e. The molecule has 0 spiro atoms. The van der Waals surface area contributed by atoms with Gasteiger partial charge in [-0.3, -0.25) is 14.4 Å². The second-order valence-electron chi connectivity index (χ2n) is 5.02. The minimum absolute atomic E-state index is 0.0931. The van der Waals surface area contributed by atoms with Gasteiger partial charge in [-0.1, -0.05) is 19.9 Å². The van der Waals surface area contributed by atoms with Crippen molar-refractivity contribution in [2.75, 3.05) is 16.8 Å². The average Bonchev–Trinajstić information content (AvgIpc) is 2.37. The summed E-state index contributed by atoms with van der Waals surface area (Å²) in [5.74, 6) is -1.58. The molecule has 21 heavy (non-hydrogen) atoms. The first-order valence-electron chi connectivity index (χ1n) is 6.72. The lowest BCUT2D eigenvalue weighted by atomic mass is 10.1. The number of hydrogen-bond acceptors (Lipinski definition) is 3. The van der Waals surface area contributed by atoms with E-state index < -0.39 is 5.97 Å². The Hall–Kier alpha value is -2.37. The molecule has 0 aromatic heterocycles. The highest BCUT2D eigenvalue weighted by Gasteiger charge is 2.20. The van der Waals surface area contributed by atoms with Gasteiger partial charge in [0.05, 0.1) is 6.42 Å². The summed E-state index contributed by atoms with van der Waals surface area (Å²) < 4.78 is 0. The Kier molecular flexibility index (Phi) is 5.90. The number of carbonyl (C=O) groups excluding carboxylic acids is 2.